The van der Waals surface area contributed by atoms with Gasteiger partial charge in [0.25, 0.3) is 0 Å². The molecule has 0 bridgehead atoms. The van der Waals surface area contributed by atoms with Crippen molar-refractivity contribution in [2.24, 2.45) is 18.7 Å². The molecule has 3 heteroatoms. The number of nitrogens with two attached hydrogens (primary N) is 1. The Labute approximate surface area is 98.0 Å². The van der Waals surface area contributed by atoms with E-state index in [-0.39, 0.29) is 6.04 Å². The van der Waals surface area contributed by atoms with Gasteiger partial charge in [0.1, 0.15) is 0 Å². The molecule has 2 rings (SSSR count). The molecule has 1 aliphatic rings. The summed E-state index contributed by atoms with van der Waals surface area (Å²) in [5.74, 6) is 0.868. The Morgan fingerprint density at radius 3 is 2.81 bits per heavy atom. The second kappa shape index (κ2) is 5.48. The highest BCUT2D eigenvalue weighted by Gasteiger charge is 2.17. The Morgan fingerprint density at radius 2 is 2.19 bits per heavy atom. The molecule has 1 saturated carbocycles. The van der Waals surface area contributed by atoms with Gasteiger partial charge in [0, 0.05) is 25.7 Å². The predicted octanol–water partition coefficient (Wildman–Crippen LogP) is 2.26. The van der Waals surface area contributed by atoms with Crippen molar-refractivity contribution in [3.63, 3.8) is 0 Å². The van der Waals surface area contributed by atoms with Crippen LogP contribution in [0.5, 0.6) is 0 Å². The Balaban J connectivity index is 1.77. The fraction of sp³-hybridized carbons (Fsp3) is 0.769. The van der Waals surface area contributed by atoms with Crippen LogP contribution in [0.1, 0.15) is 44.2 Å². The molecule has 1 heterocycles. The highest BCUT2D eigenvalue weighted by molar-refractivity contribution is 5.01. The smallest absolute Gasteiger partial charge is 0.0639 e. The van der Waals surface area contributed by atoms with Crippen LogP contribution in [-0.2, 0) is 13.5 Å². The lowest BCUT2D eigenvalue weighted by Gasteiger charge is -2.24. The van der Waals surface area contributed by atoms with Crippen LogP contribution in [0.3, 0.4) is 0 Å². The van der Waals surface area contributed by atoms with E-state index in [0.717, 1.165) is 18.0 Å². The maximum atomic E-state index is 6.20. The lowest BCUT2D eigenvalue weighted by atomic mass is 9.84. The number of aromatic nitrogens is 2. The van der Waals surface area contributed by atoms with E-state index in [2.05, 4.69) is 11.2 Å². The molecule has 0 spiro atoms. The summed E-state index contributed by atoms with van der Waals surface area (Å²) in [7, 11) is 1.95. The van der Waals surface area contributed by atoms with Crippen molar-refractivity contribution in [1.29, 1.82) is 0 Å². The maximum Gasteiger partial charge on any atom is 0.0639 e. The van der Waals surface area contributed by atoms with Crippen LogP contribution in [0.4, 0.5) is 0 Å². The summed E-state index contributed by atoms with van der Waals surface area (Å²) >= 11 is 0. The number of rotatable bonds is 4. The Hall–Kier alpha value is -0.830. The third-order valence-corrected chi connectivity index (χ3v) is 3.60. The zero-order valence-electron chi connectivity index (χ0n) is 10.2. The first-order valence-electron chi connectivity index (χ1n) is 6.48. The molecule has 1 unspecified atom stereocenters. The molecular weight excluding hydrogens is 198 g/mol. The Bertz CT molecular complexity index is 313. The average Bonchev–Trinajstić information content (AvgIpc) is 2.65. The molecule has 0 saturated heterocycles. The number of nitrogens with zero attached hydrogens (tertiary/aromatic N) is 2. The first-order chi connectivity index (χ1) is 7.74. The van der Waals surface area contributed by atoms with Gasteiger partial charge in [0.05, 0.1) is 5.69 Å². The van der Waals surface area contributed by atoms with E-state index < -0.39 is 0 Å². The van der Waals surface area contributed by atoms with E-state index in [1.807, 2.05) is 17.9 Å². The van der Waals surface area contributed by atoms with Gasteiger partial charge < -0.3 is 5.73 Å². The lowest BCUT2D eigenvalue weighted by Crippen LogP contribution is -2.27. The van der Waals surface area contributed by atoms with Crippen molar-refractivity contribution in [2.75, 3.05) is 0 Å². The van der Waals surface area contributed by atoms with Crippen molar-refractivity contribution >= 4 is 0 Å². The molecule has 90 valence electrons. The van der Waals surface area contributed by atoms with Crippen LogP contribution in [0.2, 0.25) is 0 Å². The van der Waals surface area contributed by atoms with Crippen molar-refractivity contribution in [3.05, 3.63) is 18.0 Å². The van der Waals surface area contributed by atoms with Crippen LogP contribution in [0.15, 0.2) is 12.3 Å². The monoisotopic (exact) mass is 221 g/mol. The molecule has 1 fully saturated rings. The van der Waals surface area contributed by atoms with Crippen molar-refractivity contribution in [1.82, 2.24) is 9.78 Å². The van der Waals surface area contributed by atoms with E-state index in [1.165, 1.54) is 38.5 Å². The minimum absolute atomic E-state index is 0.290. The molecular formula is C13H23N3. The maximum absolute atomic E-state index is 6.20. The second-order valence-electron chi connectivity index (χ2n) is 5.18. The normalized spacial score (nSPS) is 19.9. The van der Waals surface area contributed by atoms with Gasteiger partial charge in [0.15, 0.2) is 0 Å². The molecule has 3 nitrogen and oxygen atoms in total. The minimum atomic E-state index is 0.290. The summed E-state index contributed by atoms with van der Waals surface area (Å²) in [6.45, 7) is 0. The van der Waals surface area contributed by atoms with Gasteiger partial charge in [0.2, 0.25) is 0 Å². The largest absolute Gasteiger partial charge is 0.327 e. The highest BCUT2D eigenvalue weighted by atomic mass is 15.2. The fourth-order valence-corrected chi connectivity index (χ4v) is 2.78. The first kappa shape index (κ1) is 11.6. The van der Waals surface area contributed by atoms with Gasteiger partial charge in [-0.3, -0.25) is 4.68 Å². The minimum Gasteiger partial charge on any atom is -0.327 e. The zero-order chi connectivity index (χ0) is 11.4. The van der Waals surface area contributed by atoms with E-state index >= 15 is 0 Å². The van der Waals surface area contributed by atoms with Gasteiger partial charge in [-0.2, -0.15) is 5.10 Å². The van der Waals surface area contributed by atoms with E-state index in [1.54, 1.807) is 0 Å². The quantitative estimate of drug-likeness (QED) is 0.847. The fourth-order valence-electron chi connectivity index (χ4n) is 2.78. The van der Waals surface area contributed by atoms with Gasteiger partial charge >= 0.3 is 0 Å². The van der Waals surface area contributed by atoms with Crippen molar-refractivity contribution in [3.8, 4) is 0 Å². The van der Waals surface area contributed by atoms with Crippen LogP contribution < -0.4 is 5.73 Å². The zero-order valence-corrected chi connectivity index (χ0v) is 10.2. The van der Waals surface area contributed by atoms with E-state index in [4.69, 9.17) is 5.73 Å². The molecule has 0 radical (unpaired) electrons. The number of hydrogen-bond donors (Lipinski definition) is 1. The molecule has 1 aromatic rings. The van der Waals surface area contributed by atoms with Crippen molar-refractivity contribution in [2.45, 2.75) is 51.0 Å². The standard InChI is InChI=1S/C13H23N3/c1-16-8-7-13(15-16)10-12(14)9-11-5-3-2-4-6-11/h7-8,11-12H,2-6,9-10,14H2,1H3. The predicted molar refractivity (Wildman–Crippen MR) is 66.1 cm³/mol. The molecule has 2 N–H and O–H groups in total. The van der Waals surface area contributed by atoms with E-state index in [9.17, 15) is 0 Å². The molecule has 1 aliphatic carbocycles. The lowest BCUT2D eigenvalue weighted by molar-refractivity contribution is 0.316. The van der Waals surface area contributed by atoms with Crippen molar-refractivity contribution < 1.29 is 0 Å². The molecule has 0 aliphatic heterocycles. The van der Waals surface area contributed by atoms with Gasteiger partial charge in [-0.25, -0.2) is 0 Å². The van der Waals surface area contributed by atoms with Gasteiger partial charge in [-0.05, 0) is 18.4 Å². The van der Waals surface area contributed by atoms with Crippen LogP contribution in [0, 0.1) is 5.92 Å². The topological polar surface area (TPSA) is 43.8 Å². The third-order valence-electron chi connectivity index (χ3n) is 3.60. The summed E-state index contributed by atoms with van der Waals surface area (Å²) in [5, 5.41) is 4.38. The van der Waals surface area contributed by atoms with Crippen LogP contribution in [0.25, 0.3) is 0 Å². The molecule has 1 aromatic heterocycles. The summed E-state index contributed by atoms with van der Waals surface area (Å²) in [6, 6.07) is 2.36. The molecule has 16 heavy (non-hydrogen) atoms. The SMILES string of the molecule is Cn1ccc(CC(N)CC2CCCCC2)n1. The van der Waals surface area contributed by atoms with Gasteiger partial charge in [-0.1, -0.05) is 32.1 Å². The summed E-state index contributed by atoms with van der Waals surface area (Å²) in [6.07, 6.45) is 11.1. The molecule has 0 aromatic carbocycles. The highest BCUT2D eigenvalue weighted by Crippen LogP contribution is 2.27. The number of aryl methyl sites for hydroxylation is 1. The summed E-state index contributed by atoms with van der Waals surface area (Å²) < 4.78 is 1.85. The van der Waals surface area contributed by atoms with Crippen LogP contribution in [-0.4, -0.2) is 15.8 Å². The van der Waals surface area contributed by atoms with Crippen LogP contribution >= 0.6 is 0 Å². The summed E-state index contributed by atoms with van der Waals surface area (Å²) in [4.78, 5) is 0. The van der Waals surface area contributed by atoms with Gasteiger partial charge in [-0.15, -0.1) is 0 Å². The Morgan fingerprint density at radius 1 is 1.44 bits per heavy atom. The molecule has 0 amide bonds. The second-order valence-corrected chi connectivity index (χ2v) is 5.18. The third kappa shape index (κ3) is 3.34. The average molecular weight is 221 g/mol. The van der Waals surface area contributed by atoms with E-state index in [0.29, 0.717) is 0 Å². The molecule has 1 atom stereocenters. The summed E-state index contributed by atoms with van der Waals surface area (Å²) in [5.41, 5.74) is 7.33. The number of hydrogen-bond acceptors (Lipinski definition) is 2. The first-order valence-corrected chi connectivity index (χ1v) is 6.48. The Kier molecular flexibility index (Phi) is 3.99.